The first-order chi connectivity index (χ1) is 14.2. The molecule has 1 atom stereocenters. The first kappa shape index (κ1) is 29.1. The molecular formula is C16H10F16O. The topological polar surface area (TPSA) is 20.2 Å². The van der Waals surface area contributed by atoms with E-state index in [9.17, 15) is 75.4 Å². The van der Waals surface area contributed by atoms with Crippen molar-refractivity contribution < 1.29 is 75.4 Å². The van der Waals surface area contributed by atoms with Crippen LogP contribution in [0.1, 0.15) is 17.5 Å². The summed E-state index contributed by atoms with van der Waals surface area (Å²) in [5.74, 6) is -39.6. The Labute approximate surface area is 173 Å². The van der Waals surface area contributed by atoms with Gasteiger partial charge in [-0.25, -0.2) is 0 Å². The van der Waals surface area contributed by atoms with E-state index in [0.717, 1.165) is 13.0 Å². The van der Waals surface area contributed by atoms with Crippen molar-refractivity contribution in [3.63, 3.8) is 0 Å². The van der Waals surface area contributed by atoms with E-state index < -0.39 is 59.6 Å². The summed E-state index contributed by atoms with van der Waals surface area (Å²) in [6, 6.07) is 2.14. The molecule has 0 aliphatic rings. The second-order valence-corrected chi connectivity index (χ2v) is 6.90. The molecule has 0 aliphatic heterocycles. The fraction of sp³-hybridized carbons (Fsp3) is 0.625. The van der Waals surface area contributed by atoms with Gasteiger partial charge in [0.1, 0.15) is 0 Å². The van der Waals surface area contributed by atoms with Crippen LogP contribution in [0.5, 0.6) is 0 Å². The van der Waals surface area contributed by atoms with Gasteiger partial charge in [0.05, 0.1) is 6.42 Å². The lowest BCUT2D eigenvalue weighted by Crippen LogP contribution is -2.70. The van der Waals surface area contributed by atoms with Gasteiger partial charge in [-0.2, -0.15) is 70.2 Å². The summed E-state index contributed by atoms with van der Waals surface area (Å²) >= 11 is 0. The Bertz CT molecular complexity index is 853. The molecule has 1 nitrogen and oxygen atoms in total. The number of hydrogen-bond donors (Lipinski definition) is 1. The molecule has 1 unspecified atom stereocenters. The van der Waals surface area contributed by atoms with Crippen LogP contribution in [-0.4, -0.2) is 47.1 Å². The summed E-state index contributed by atoms with van der Waals surface area (Å²) in [4.78, 5) is 0. The van der Waals surface area contributed by atoms with E-state index >= 15 is 0 Å². The van der Waals surface area contributed by atoms with Crippen LogP contribution in [0.15, 0.2) is 24.3 Å². The van der Waals surface area contributed by atoms with Crippen LogP contribution in [0.25, 0.3) is 0 Å². The zero-order chi connectivity index (χ0) is 26.7. The largest absolute Gasteiger partial charge is 0.460 e. The van der Waals surface area contributed by atoms with Crippen LogP contribution in [-0.2, 0) is 5.60 Å². The van der Waals surface area contributed by atoms with Crippen molar-refractivity contribution in [3.05, 3.63) is 35.4 Å². The van der Waals surface area contributed by atoms with Crippen molar-refractivity contribution in [2.24, 2.45) is 0 Å². The molecule has 0 heterocycles. The highest BCUT2D eigenvalue weighted by Crippen LogP contribution is 2.62. The first-order valence-electron chi connectivity index (χ1n) is 8.03. The Kier molecular flexibility index (Phi) is 6.87. The molecule has 17 heteroatoms. The lowest BCUT2D eigenvalue weighted by molar-refractivity contribution is -0.443. The van der Waals surface area contributed by atoms with E-state index in [1.165, 1.54) is 0 Å². The minimum Gasteiger partial charge on any atom is -0.376 e. The number of halogens is 16. The highest BCUT2D eigenvalue weighted by Gasteiger charge is 2.91. The molecule has 0 fully saturated rings. The summed E-state index contributed by atoms with van der Waals surface area (Å²) in [6.45, 7) is 1.00. The minimum atomic E-state index is -8.26. The van der Waals surface area contributed by atoms with Gasteiger partial charge in [0.2, 0.25) is 0 Å². The smallest absolute Gasteiger partial charge is 0.376 e. The molecule has 0 saturated heterocycles. The van der Waals surface area contributed by atoms with Crippen molar-refractivity contribution in [1.82, 2.24) is 0 Å². The molecule has 0 aromatic heterocycles. The average Bonchev–Trinajstić information content (AvgIpc) is 2.58. The molecule has 192 valence electrons. The number of aliphatic hydroxyl groups is 1. The van der Waals surface area contributed by atoms with Crippen molar-refractivity contribution in [3.8, 4) is 0 Å². The maximum atomic E-state index is 14.0. The Morgan fingerprint density at radius 2 is 1.03 bits per heavy atom. The maximum Gasteiger partial charge on any atom is 0.460 e. The van der Waals surface area contributed by atoms with E-state index in [-0.39, 0.29) is 17.7 Å². The Morgan fingerprint density at radius 1 is 0.606 bits per heavy atom. The zero-order valence-corrected chi connectivity index (χ0v) is 15.5. The highest BCUT2D eigenvalue weighted by molar-refractivity contribution is 5.30. The molecule has 1 rings (SSSR count). The Morgan fingerprint density at radius 3 is 1.39 bits per heavy atom. The van der Waals surface area contributed by atoms with Crippen LogP contribution in [0, 0.1) is 6.92 Å². The maximum absolute atomic E-state index is 14.0. The van der Waals surface area contributed by atoms with Crippen molar-refractivity contribution in [2.45, 2.75) is 60.9 Å². The molecule has 1 N–H and O–H groups in total. The normalized spacial score (nSPS) is 17.2. The number of rotatable bonds is 7. The monoisotopic (exact) mass is 522 g/mol. The second kappa shape index (κ2) is 7.80. The number of alkyl halides is 16. The molecule has 1 aromatic carbocycles. The van der Waals surface area contributed by atoms with Gasteiger partial charge >= 0.3 is 42.0 Å². The second-order valence-electron chi connectivity index (χ2n) is 6.90. The Balaban J connectivity index is 3.67. The van der Waals surface area contributed by atoms with E-state index in [1.807, 2.05) is 0 Å². The summed E-state index contributed by atoms with van der Waals surface area (Å²) in [5, 5.41) is 9.70. The molecule has 0 radical (unpaired) electrons. The van der Waals surface area contributed by atoms with Crippen LogP contribution >= 0.6 is 0 Å². The zero-order valence-electron chi connectivity index (χ0n) is 15.5. The molecule has 0 aliphatic carbocycles. The van der Waals surface area contributed by atoms with Gasteiger partial charge in [-0.05, 0) is 12.5 Å². The third-order valence-electron chi connectivity index (χ3n) is 4.44. The molecule has 33 heavy (non-hydrogen) atoms. The van der Waals surface area contributed by atoms with Crippen LogP contribution in [0.2, 0.25) is 0 Å². The van der Waals surface area contributed by atoms with Crippen molar-refractivity contribution in [1.29, 1.82) is 0 Å². The molecule has 0 spiro atoms. The van der Waals surface area contributed by atoms with Crippen LogP contribution in [0.3, 0.4) is 0 Å². The fourth-order valence-corrected chi connectivity index (χ4v) is 2.50. The summed E-state index contributed by atoms with van der Waals surface area (Å²) < 4.78 is 211. The van der Waals surface area contributed by atoms with E-state index in [1.54, 1.807) is 0 Å². The molecule has 0 saturated carbocycles. The Hall–Kier alpha value is -1.94. The summed E-state index contributed by atoms with van der Waals surface area (Å²) in [7, 11) is 0. The SMILES string of the molecule is Cc1cccc(C(O)(CC(F)(F)C(F)(F)C(F)(F)C(F)(F)C(F)(F)C(F)(F)F)C(F)(F)F)c1. The van der Waals surface area contributed by atoms with Gasteiger partial charge in [0, 0.05) is 0 Å². The van der Waals surface area contributed by atoms with Gasteiger partial charge in [0.25, 0.3) is 0 Å². The van der Waals surface area contributed by atoms with Crippen LogP contribution < -0.4 is 0 Å². The third-order valence-corrected chi connectivity index (χ3v) is 4.44. The lowest BCUT2D eigenvalue weighted by atomic mass is 9.82. The van der Waals surface area contributed by atoms with Crippen molar-refractivity contribution in [2.75, 3.05) is 0 Å². The predicted octanol–water partition coefficient (Wildman–Crippen LogP) is 6.87. The third kappa shape index (κ3) is 4.32. The highest BCUT2D eigenvalue weighted by atomic mass is 19.4. The lowest BCUT2D eigenvalue weighted by Gasteiger charge is -2.42. The molecule has 0 amide bonds. The van der Waals surface area contributed by atoms with Crippen molar-refractivity contribution >= 4 is 0 Å². The van der Waals surface area contributed by atoms with Gasteiger partial charge in [-0.15, -0.1) is 0 Å². The van der Waals surface area contributed by atoms with Gasteiger partial charge in [-0.3, -0.25) is 0 Å². The van der Waals surface area contributed by atoms with Gasteiger partial charge in [-0.1, -0.05) is 29.8 Å². The molecular weight excluding hydrogens is 512 g/mol. The number of hydrogen-bond acceptors (Lipinski definition) is 1. The number of benzene rings is 1. The van der Waals surface area contributed by atoms with Crippen LogP contribution in [0.4, 0.5) is 70.2 Å². The molecule has 1 aromatic rings. The standard InChI is InChI=1S/C16H10F16O/c1-7-3-2-4-8(5-7)9(33,15(27,28)29)6-10(17,18)11(19,20)12(21,22)13(23,24)14(25,26)16(30,31)32/h2-5,33H,6H2,1H3. The fourth-order valence-electron chi connectivity index (χ4n) is 2.50. The number of aryl methyl sites for hydroxylation is 1. The molecule has 0 bridgehead atoms. The summed E-state index contributed by atoms with van der Waals surface area (Å²) in [5.41, 5.74) is -7.04. The van der Waals surface area contributed by atoms with Gasteiger partial charge in [0.15, 0.2) is 5.60 Å². The van der Waals surface area contributed by atoms with E-state index in [0.29, 0.717) is 6.07 Å². The van der Waals surface area contributed by atoms with E-state index in [2.05, 4.69) is 0 Å². The minimum absolute atomic E-state index is 0.208. The van der Waals surface area contributed by atoms with Gasteiger partial charge < -0.3 is 5.11 Å². The predicted molar refractivity (Wildman–Crippen MR) is 76.5 cm³/mol. The average molecular weight is 522 g/mol. The van der Waals surface area contributed by atoms with E-state index in [4.69, 9.17) is 0 Å². The summed E-state index contributed by atoms with van der Waals surface area (Å²) in [6.07, 6.45) is -17.9. The first-order valence-corrected chi connectivity index (χ1v) is 8.03. The quantitative estimate of drug-likeness (QED) is 0.388.